The molecule has 4 heterocycles. The average Bonchev–Trinajstić information content (AvgIpc) is 3.56. The predicted octanol–water partition coefficient (Wildman–Crippen LogP) is 6.01. The third-order valence-electron chi connectivity index (χ3n) is 7.27. The van der Waals surface area contributed by atoms with Gasteiger partial charge in [-0.25, -0.2) is 0 Å². The normalized spacial score (nSPS) is 18.6. The van der Waals surface area contributed by atoms with Crippen LogP contribution in [0.1, 0.15) is 45.9 Å². The number of fused-ring (bicyclic) bond motifs is 1. The van der Waals surface area contributed by atoms with Crippen LogP contribution in [-0.2, 0) is 0 Å². The van der Waals surface area contributed by atoms with Crippen LogP contribution in [0.15, 0.2) is 66.9 Å². The lowest BCUT2D eigenvalue weighted by atomic mass is 9.96. The molecule has 0 aliphatic carbocycles. The Bertz CT molecular complexity index is 1480. The Labute approximate surface area is 216 Å². The molecule has 0 bridgehead atoms. The maximum absolute atomic E-state index is 5.93. The topological polar surface area (TPSA) is 51.6 Å². The summed E-state index contributed by atoms with van der Waals surface area (Å²) in [7, 11) is 0. The van der Waals surface area contributed by atoms with Gasteiger partial charge in [0, 0.05) is 35.0 Å². The van der Waals surface area contributed by atoms with Crippen molar-refractivity contribution < 1.29 is 9.47 Å². The van der Waals surface area contributed by atoms with Crippen LogP contribution in [-0.4, -0.2) is 21.5 Å². The molecule has 2 aromatic carbocycles. The Morgan fingerprint density at radius 3 is 2.47 bits per heavy atom. The standard InChI is InChI=1S/C29H28N4O2S/c1-17-8-9-21(13-18(17)2)33-28(27(31-29(33)36)24-7-5-6-12-30-24)23-14-19(3)32(20(23)4)22-10-11-25-26(15-22)35-16-34-25/h5-15,27-28H,16H2,1-4H3,(H,31,36)/t27-,28-/m0/s1. The number of nitrogens with one attached hydrogen (secondary N) is 1. The molecule has 0 unspecified atom stereocenters. The molecule has 7 heteroatoms. The summed E-state index contributed by atoms with van der Waals surface area (Å²) in [5.41, 5.74) is 9.07. The number of ether oxygens (including phenoxy) is 2. The summed E-state index contributed by atoms with van der Waals surface area (Å²) < 4.78 is 13.4. The van der Waals surface area contributed by atoms with Crippen molar-refractivity contribution in [2.24, 2.45) is 0 Å². The summed E-state index contributed by atoms with van der Waals surface area (Å²) in [4.78, 5) is 6.94. The van der Waals surface area contributed by atoms with Crippen molar-refractivity contribution >= 4 is 23.0 Å². The van der Waals surface area contributed by atoms with E-state index in [4.69, 9.17) is 26.7 Å². The van der Waals surface area contributed by atoms with Crippen molar-refractivity contribution in [2.45, 2.75) is 39.8 Å². The number of hydrogen-bond donors (Lipinski definition) is 1. The first-order valence-electron chi connectivity index (χ1n) is 12.1. The number of pyridine rings is 1. The van der Waals surface area contributed by atoms with Gasteiger partial charge in [0.25, 0.3) is 0 Å². The highest BCUT2D eigenvalue weighted by Crippen LogP contribution is 2.44. The minimum atomic E-state index is -0.0917. The highest BCUT2D eigenvalue weighted by Gasteiger charge is 2.42. The van der Waals surface area contributed by atoms with Crippen molar-refractivity contribution in [3.05, 3.63) is 101 Å². The molecule has 1 N–H and O–H groups in total. The molecule has 2 aromatic heterocycles. The van der Waals surface area contributed by atoms with Crippen molar-refractivity contribution in [3.8, 4) is 17.2 Å². The third-order valence-corrected chi connectivity index (χ3v) is 7.58. The molecule has 1 fully saturated rings. The maximum atomic E-state index is 5.93. The number of benzene rings is 2. The molecule has 0 spiro atoms. The summed E-state index contributed by atoms with van der Waals surface area (Å²) in [5, 5.41) is 4.28. The molecule has 2 aliphatic heterocycles. The van der Waals surface area contributed by atoms with Gasteiger partial charge in [0.2, 0.25) is 6.79 Å². The van der Waals surface area contributed by atoms with Gasteiger partial charge in [0.1, 0.15) is 0 Å². The summed E-state index contributed by atoms with van der Waals surface area (Å²) in [6, 6.07) is 20.8. The third kappa shape index (κ3) is 3.62. The number of rotatable bonds is 4. The van der Waals surface area contributed by atoms with E-state index in [0.29, 0.717) is 5.11 Å². The monoisotopic (exact) mass is 496 g/mol. The highest BCUT2D eigenvalue weighted by atomic mass is 32.1. The molecule has 0 saturated carbocycles. The molecule has 2 aliphatic rings. The fourth-order valence-electron chi connectivity index (χ4n) is 5.33. The minimum absolute atomic E-state index is 0.0662. The summed E-state index contributed by atoms with van der Waals surface area (Å²) >= 11 is 5.93. The molecule has 6 rings (SSSR count). The Morgan fingerprint density at radius 1 is 0.889 bits per heavy atom. The number of nitrogens with zero attached hydrogens (tertiary/aromatic N) is 3. The summed E-state index contributed by atoms with van der Waals surface area (Å²) in [5.74, 6) is 1.55. The molecule has 4 aromatic rings. The summed E-state index contributed by atoms with van der Waals surface area (Å²) in [6.45, 7) is 8.84. The lowest BCUT2D eigenvalue weighted by Crippen LogP contribution is -2.29. The van der Waals surface area contributed by atoms with Crippen molar-refractivity contribution in [2.75, 3.05) is 11.7 Å². The zero-order valence-electron chi connectivity index (χ0n) is 20.8. The van der Waals surface area contributed by atoms with E-state index < -0.39 is 0 Å². The molecule has 6 nitrogen and oxygen atoms in total. The Morgan fingerprint density at radius 2 is 1.69 bits per heavy atom. The fraction of sp³-hybridized carbons (Fsp3) is 0.241. The van der Waals surface area contributed by atoms with Crippen LogP contribution in [0.25, 0.3) is 5.69 Å². The van der Waals surface area contributed by atoms with Crippen molar-refractivity contribution in [1.29, 1.82) is 0 Å². The second kappa shape index (κ2) is 8.68. The lowest BCUT2D eigenvalue weighted by Gasteiger charge is -2.28. The van der Waals surface area contributed by atoms with Crippen LogP contribution in [0.5, 0.6) is 11.5 Å². The van der Waals surface area contributed by atoms with E-state index in [0.717, 1.165) is 40.0 Å². The molecule has 0 radical (unpaired) electrons. The lowest BCUT2D eigenvalue weighted by molar-refractivity contribution is 0.174. The predicted molar refractivity (Wildman–Crippen MR) is 145 cm³/mol. The first kappa shape index (κ1) is 22.6. The first-order chi connectivity index (χ1) is 17.4. The van der Waals surface area contributed by atoms with Crippen LogP contribution in [0.4, 0.5) is 5.69 Å². The first-order valence-corrected chi connectivity index (χ1v) is 12.5. The van der Waals surface area contributed by atoms with Gasteiger partial charge in [-0.3, -0.25) is 4.98 Å². The van der Waals surface area contributed by atoms with E-state index in [2.05, 4.69) is 78.9 Å². The number of aromatic nitrogens is 2. The van der Waals surface area contributed by atoms with Gasteiger partial charge in [-0.2, -0.15) is 0 Å². The van der Waals surface area contributed by atoms with Gasteiger partial charge in [0.05, 0.1) is 17.8 Å². The van der Waals surface area contributed by atoms with Gasteiger partial charge >= 0.3 is 0 Å². The second-order valence-electron chi connectivity index (χ2n) is 9.46. The maximum Gasteiger partial charge on any atom is 0.231 e. The molecule has 1 saturated heterocycles. The van der Waals surface area contributed by atoms with Crippen LogP contribution in [0.3, 0.4) is 0 Å². The zero-order valence-corrected chi connectivity index (χ0v) is 21.6. The number of hydrogen-bond acceptors (Lipinski definition) is 4. The number of aryl methyl sites for hydroxylation is 3. The van der Waals surface area contributed by atoms with Gasteiger partial charge < -0.3 is 24.3 Å². The average molecular weight is 497 g/mol. The highest BCUT2D eigenvalue weighted by molar-refractivity contribution is 7.80. The van der Waals surface area contributed by atoms with Gasteiger partial charge in [0.15, 0.2) is 16.6 Å². The van der Waals surface area contributed by atoms with Gasteiger partial charge in [-0.15, -0.1) is 0 Å². The molecular formula is C29H28N4O2S. The molecule has 0 amide bonds. The van der Waals surface area contributed by atoms with Crippen LogP contribution in [0.2, 0.25) is 0 Å². The smallest absolute Gasteiger partial charge is 0.231 e. The number of anilines is 1. The molecule has 2 atom stereocenters. The van der Waals surface area contributed by atoms with Crippen LogP contribution >= 0.6 is 12.2 Å². The van der Waals surface area contributed by atoms with Crippen LogP contribution in [0, 0.1) is 27.7 Å². The SMILES string of the molecule is Cc1ccc(N2C(=S)N[C@@H](c3ccccn3)[C@@H]2c2cc(C)n(-c3ccc4c(c3)OCO4)c2C)cc1C. The fourth-order valence-corrected chi connectivity index (χ4v) is 5.68. The summed E-state index contributed by atoms with van der Waals surface area (Å²) in [6.07, 6.45) is 1.84. The van der Waals surface area contributed by atoms with E-state index in [1.165, 1.54) is 16.7 Å². The van der Waals surface area contributed by atoms with Crippen molar-refractivity contribution in [3.63, 3.8) is 0 Å². The van der Waals surface area contributed by atoms with E-state index in [1.807, 2.05) is 30.5 Å². The minimum Gasteiger partial charge on any atom is -0.454 e. The molecular weight excluding hydrogens is 468 g/mol. The zero-order chi connectivity index (χ0) is 25.0. The van der Waals surface area contributed by atoms with E-state index >= 15 is 0 Å². The Hall–Kier alpha value is -3.84. The quantitative estimate of drug-likeness (QED) is 0.349. The van der Waals surface area contributed by atoms with E-state index in [1.54, 1.807) is 0 Å². The molecule has 36 heavy (non-hydrogen) atoms. The van der Waals surface area contributed by atoms with E-state index in [9.17, 15) is 0 Å². The van der Waals surface area contributed by atoms with Gasteiger partial charge in [-0.05, 0) is 99.1 Å². The van der Waals surface area contributed by atoms with E-state index in [-0.39, 0.29) is 18.9 Å². The Balaban J connectivity index is 1.50. The van der Waals surface area contributed by atoms with Gasteiger partial charge in [-0.1, -0.05) is 12.1 Å². The largest absolute Gasteiger partial charge is 0.454 e. The Kier molecular flexibility index (Phi) is 5.45. The van der Waals surface area contributed by atoms with Crippen molar-refractivity contribution in [1.82, 2.24) is 14.9 Å². The number of thiocarbonyl (C=S) groups is 1. The second-order valence-corrected chi connectivity index (χ2v) is 9.85. The molecule has 182 valence electrons. The van der Waals surface area contributed by atoms with Crippen LogP contribution < -0.4 is 19.7 Å².